The van der Waals surface area contributed by atoms with Crippen LogP contribution in [-0.2, 0) is 16.0 Å². The first kappa shape index (κ1) is 15.9. The van der Waals surface area contributed by atoms with Crippen LogP contribution in [0.1, 0.15) is 18.4 Å². The summed E-state index contributed by atoms with van der Waals surface area (Å²) in [6.45, 7) is 1.39. The van der Waals surface area contributed by atoms with Crippen molar-refractivity contribution in [1.82, 2.24) is 5.32 Å². The number of hydrogen-bond donors (Lipinski definition) is 2. The average molecular weight is 298 g/mol. The SMILES string of the molecule is NC(C(=O)NCCc1c(F)cccc1F)C1CCOCC1. The molecule has 0 saturated carbocycles. The molecule has 0 bridgehead atoms. The summed E-state index contributed by atoms with van der Waals surface area (Å²) in [5.41, 5.74) is 5.90. The number of nitrogens with two attached hydrogens (primary N) is 1. The molecule has 4 nitrogen and oxygen atoms in total. The van der Waals surface area contributed by atoms with E-state index < -0.39 is 17.7 Å². The van der Waals surface area contributed by atoms with Gasteiger partial charge in [-0.2, -0.15) is 0 Å². The summed E-state index contributed by atoms with van der Waals surface area (Å²) in [7, 11) is 0. The Morgan fingerprint density at radius 3 is 2.57 bits per heavy atom. The monoisotopic (exact) mass is 298 g/mol. The van der Waals surface area contributed by atoms with Gasteiger partial charge in [0.15, 0.2) is 0 Å². The molecule has 0 aromatic heterocycles. The maximum atomic E-state index is 13.4. The van der Waals surface area contributed by atoms with Gasteiger partial charge in [0.1, 0.15) is 11.6 Å². The minimum atomic E-state index is -0.599. The highest BCUT2D eigenvalue weighted by Gasteiger charge is 2.26. The Bertz CT molecular complexity index is 470. The van der Waals surface area contributed by atoms with Gasteiger partial charge in [0.05, 0.1) is 6.04 Å². The van der Waals surface area contributed by atoms with Gasteiger partial charge in [0.25, 0.3) is 0 Å². The first-order valence-corrected chi connectivity index (χ1v) is 7.13. The normalized spacial score (nSPS) is 17.5. The Kier molecular flexibility index (Phi) is 5.64. The molecule has 0 aliphatic carbocycles. The highest BCUT2D eigenvalue weighted by molar-refractivity contribution is 5.81. The van der Waals surface area contributed by atoms with Crippen LogP contribution in [-0.4, -0.2) is 31.7 Å². The number of amides is 1. The summed E-state index contributed by atoms with van der Waals surface area (Å²) in [4.78, 5) is 11.9. The molecule has 116 valence electrons. The molecule has 3 N–H and O–H groups in total. The summed E-state index contributed by atoms with van der Waals surface area (Å²) in [6, 6.07) is 3.12. The fraction of sp³-hybridized carbons (Fsp3) is 0.533. The maximum Gasteiger partial charge on any atom is 0.237 e. The predicted octanol–water partition coefficient (Wildman–Crippen LogP) is 1.38. The van der Waals surface area contributed by atoms with Crippen molar-refractivity contribution < 1.29 is 18.3 Å². The van der Waals surface area contributed by atoms with Crippen molar-refractivity contribution in [1.29, 1.82) is 0 Å². The molecule has 0 spiro atoms. The van der Waals surface area contributed by atoms with E-state index in [4.69, 9.17) is 10.5 Å². The van der Waals surface area contributed by atoms with E-state index in [-0.39, 0.29) is 30.4 Å². The Hall–Kier alpha value is -1.53. The highest BCUT2D eigenvalue weighted by atomic mass is 19.1. The van der Waals surface area contributed by atoms with Crippen molar-refractivity contribution in [3.8, 4) is 0 Å². The number of nitrogens with one attached hydrogen (secondary N) is 1. The molecule has 0 radical (unpaired) electrons. The molecule has 1 heterocycles. The molecule has 6 heteroatoms. The number of rotatable bonds is 5. The standard InChI is InChI=1S/C15H20F2N2O2/c16-12-2-1-3-13(17)11(12)4-7-19-15(20)14(18)10-5-8-21-9-6-10/h1-3,10,14H,4-9,18H2,(H,19,20). The summed E-state index contributed by atoms with van der Waals surface area (Å²) in [5.74, 6) is -1.38. The third-order valence-electron chi connectivity index (χ3n) is 3.81. The Morgan fingerprint density at radius 2 is 1.95 bits per heavy atom. The van der Waals surface area contributed by atoms with E-state index in [9.17, 15) is 13.6 Å². The van der Waals surface area contributed by atoms with Gasteiger partial charge in [-0.05, 0) is 37.3 Å². The second-order valence-corrected chi connectivity index (χ2v) is 5.22. The van der Waals surface area contributed by atoms with Crippen molar-refractivity contribution in [2.75, 3.05) is 19.8 Å². The van der Waals surface area contributed by atoms with E-state index in [1.54, 1.807) is 0 Å². The molecule has 2 rings (SSSR count). The molecular weight excluding hydrogens is 278 g/mol. The molecule has 21 heavy (non-hydrogen) atoms. The van der Waals surface area contributed by atoms with E-state index >= 15 is 0 Å². The molecule has 1 aliphatic rings. The quantitative estimate of drug-likeness (QED) is 0.863. The third-order valence-corrected chi connectivity index (χ3v) is 3.81. The lowest BCUT2D eigenvalue weighted by atomic mass is 9.92. The molecule has 1 aliphatic heterocycles. The zero-order valence-corrected chi connectivity index (χ0v) is 11.8. The number of ether oxygens (including phenoxy) is 1. The largest absolute Gasteiger partial charge is 0.381 e. The van der Waals surface area contributed by atoms with E-state index in [1.807, 2.05) is 0 Å². The lowest BCUT2D eigenvalue weighted by molar-refractivity contribution is -0.124. The molecular formula is C15H20F2N2O2. The third kappa shape index (κ3) is 4.22. The van der Waals surface area contributed by atoms with Crippen molar-refractivity contribution in [3.63, 3.8) is 0 Å². The van der Waals surface area contributed by atoms with Crippen LogP contribution in [0.2, 0.25) is 0 Å². The fourth-order valence-electron chi connectivity index (χ4n) is 2.49. The van der Waals surface area contributed by atoms with Crippen molar-refractivity contribution in [2.45, 2.75) is 25.3 Å². The van der Waals surface area contributed by atoms with Crippen LogP contribution >= 0.6 is 0 Å². The Balaban J connectivity index is 1.81. The zero-order chi connectivity index (χ0) is 15.2. The zero-order valence-electron chi connectivity index (χ0n) is 11.8. The van der Waals surface area contributed by atoms with Gasteiger partial charge < -0.3 is 15.8 Å². The van der Waals surface area contributed by atoms with Crippen LogP contribution in [0.4, 0.5) is 8.78 Å². The van der Waals surface area contributed by atoms with Crippen LogP contribution < -0.4 is 11.1 Å². The minimum Gasteiger partial charge on any atom is -0.381 e. The summed E-state index contributed by atoms with van der Waals surface area (Å²) >= 11 is 0. The van der Waals surface area contributed by atoms with Crippen LogP contribution in [0, 0.1) is 17.6 Å². The number of halogens is 2. The van der Waals surface area contributed by atoms with Gasteiger partial charge in [-0.1, -0.05) is 6.07 Å². The van der Waals surface area contributed by atoms with E-state index in [0.717, 1.165) is 12.8 Å². The molecule has 1 atom stereocenters. The Morgan fingerprint density at radius 1 is 1.33 bits per heavy atom. The topological polar surface area (TPSA) is 64.4 Å². The van der Waals surface area contributed by atoms with Gasteiger partial charge in [0, 0.05) is 25.3 Å². The summed E-state index contributed by atoms with van der Waals surface area (Å²) in [6.07, 6.45) is 1.62. The Labute approximate surface area is 122 Å². The van der Waals surface area contributed by atoms with E-state index in [0.29, 0.717) is 13.2 Å². The summed E-state index contributed by atoms with van der Waals surface area (Å²) < 4.78 is 32.1. The molecule has 1 aromatic carbocycles. The van der Waals surface area contributed by atoms with Crippen LogP contribution in [0.3, 0.4) is 0 Å². The molecule has 1 unspecified atom stereocenters. The molecule has 1 saturated heterocycles. The van der Waals surface area contributed by atoms with Gasteiger partial charge in [-0.25, -0.2) is 8.78 Å². The predicted molar refractivity (Wildman–Crippen MR) is 74.6 cm³/mol. The lowest BCUT2D eigenvalue weighted by Gasteiger charge is -2.26. The summed E-state index contributed by atoms with van der Waals surface area (Å²) in [5, 5.41) is 2.64. The maximum absolute atomic E-state index is 13.4. The van der Waals surface area contributed by atoms with Crippen molar-refractivity contribution in [2.24, 2.45) is 11.7 Å². The van der Waals surface area contributed by atoms with E-state index in [1.165, 1.54) is 18.2 Å². The first-order chi connectivity index (χ1) is 10.1. The van der Waals surface area contributed by atoms with Gasteiger partial charge in [0.2, 0.25) is 5.91 Å². The second kappa shape index (κ2) is 7.47. The fourth-order valence-corrected chi connectivity index (χ4v) is 2.49. The van der Waals surface area contributed by atoms with Crippen molar-refractivity contribution in [3.05, 3.63) is 35.4 Å². The van der Waals surface area contributed by atoms with Gasteiger partial charge in [-0.15, -0.1) is 0 Å². The van der Waals surface area contributed by atoms with Crippen LogP contribution in [0.15, 0.2) is 18.2 Å². The molecule has 1 fully saturated rings. The second-order valence-electron chi connectivity index (χ2n) is 5.22. The van der Waals surface area contributed by atoms with E-state index in [2.05, 4.69) is 5.32 Å². The molecule has 1 amide bonds. The van der Waals surface area contributed by atoms with Gasteiger partial charge >= 0.3 is 0 Å². The highest BCUT2D eigenvalue weighted by Crippen LogP contribution is 2.17. The number of carbonyl (C=O) groups excluding carboxylic acids is 1. The van der Waals surface area contributed by atoms with Crippen molar-refractivity contribution >= 4 is 5.91 Å². The van der Waals surface area contributed by atoms with Crippen LogP contribution in [0.5, 0.6) is 0 Å². The van der Waals surface area contributed by atoms with Gasteiger partial charge in [-0.3, -0.25) is 4.79 Å². The number of benzene rings is 1. The lowest BCUT2D eigenvalue weighted by Crippen LogP contribution is -2.47. The first-order valence-electron chi connectivity index (χ1n) is 7.13. The van der Waals surface area contributed by atoms with Crippen LogP contribution in [0.25, 0.3) is 0 Å². The minimum absolute atomic E-state index is 0.0163. The number of carbonyl (C=O) groups is 1. The average Bonchev–Trinajstić information content (AvgIpc) is 2.50. The number of hydrogen-bond acceptors (Lipinski definition) is 3. The smallest absolute Gasteiger partial charge is 0.237 e. The molecule has 1 aromatic rings.